The predicted molar refractivity (Wildman–Crippen MR) is 62.2 cm³/mol. The van der Waals surface area contributed by atoms with Crippen LogP contribution in [-0.4, -0.2) is 9.97 Å². The van der Waals surface area contributed by atoms with Gasteiger partial charge in [-0.3, -0.25) is 9.97 Å². The van der Waals surface area contributed by atoms with E-state index in [4.69, 9.17) is 5.73 Å². The first-order chi connectivity index (χ1) is 7.70. The van der Waals surface area contributed by atoms with Gasteiger partial charge in [0.25, 0.3) is 0 Å². The average molecular weight is 282 g/mol. The highest BCUT2D eigenvalue weighted by Gasteiger charge is 2.17. The smallest absolute Gasteiger partial charge is 0.129 e. The molecule has 0 spiro atoms. The molecule has 2 N–H and O–H groups in total. The summed E-state index contributed by atoms with van der Waals surface area (Å²) in [6, 6.07) is 4.11. The van der Waals surface area contributed by atoms with Crippen molar-refractivity contribution < 1.29 is 4.39 Å². The molecule has 0 amide bonds. The number of halogens is 2. The monoisotopic (exact) mass is 281 g/mol. The van der Waals surface area contributed by atoms with Gasteiger partial charge in [-0.05, 0) is 12.1 Å². The Morgan fingerprint density at radius 3 is 2.75 bits per heavy atom. The molecule has 0 saturated heterocycles. The van der Waals surface area contributed by atoms with Crippen molar-refractivity contribution in [2.75, 3.05) is 0 Å². The van der Waals surface area contributed by atoms with Gasteiger partial charge in [-0.2, -0.15) is 0 Å². The van der Waals surface area contributed by atoms with Crippen LogP contribution in [0.2, 0.25) is 0 Å². The minimum absolute atomic E-state index is 0.354. The van der Waals surface area contributed by atoms with Crippen LogP contribution in [0.4, 0.5) is 4.39 Å². The molecule has 0 aliphatic heterocycles. The van der Waals surface area contributed by atoms with Crippen LogP contribution in [0.3, 0.4) is 0 Å². The van der Waals surface area contributed by atoms with E-state index in [1.165, 1.54) is 18.5 Å². The van der Waals surface area contributed by atoms with Gasteiger partial charge in [-0.15, -0.1) is 0 Å². The molecule has 0 aliphatic carbocycles. The molecule has 0 saturated carbocycles. The minimum atomic E-state index is -0.621. The van der Waals surface area contributed by atoms with Crippen LogP contribution in [0.5, 0.6) is 0 Å². The van der Waals surface area contributed by atoms with Crippen molar-refractivity contribution in [1.29, 1.82) is 0 Å². The summed E-state index contributed by atoms with van der Waals surface area (Å²) in [5.74, 6) is -0.354. The lowest BCUT2D eigenvalue weighted by atomic mass is 10.0. The molecule has 82 valence electrons. The summed E-state index contributed by atoms with van der Waals surface area (Å²) in [6.07, 6.45) is 4.61. The Kier molecular flexibility index (Phi) is 3.26. The van der Waals surface area contributed by atoms with Crippen LogP contribution in [-0.2, 0) is 0 Å². The first-order valence-electron chi connectivity index (χ1n) is 4.65. The molecule has 3 nitrogen and oxygen atoms in total. The number of hydrogen-bond donors (Lipinski definition) is 1. The maximum absolute atomic E-state index is 13.6. The van der Waals surface area contributed by atoms with Gasteiger partial charge in [-0.25, -0.2) is 4.39 Å². The lowest BCUT2D eigenvalue weighted by molar-refractivity contribution is 0.595. The lowest BCUT2D eigenvalue weighted by Gasteiger charge is -2.13. The van der Waals surface area contributed by atoms with Gasteiger partial charge in [0.15, 0.2) is 0 Å². The van der Waals surface area contributed by atoms with Crippen LogP contribution in [0.25, 0.3) is 0 Å². The number of aromatic nitrogens is 2. The molecular formula is C11H9BrFN3. The third-order valence-corrected chi connectivity index (χ3v) is 2.90. The SMILES string of the molecule is NC(c1cnccn1)c1c(F)cccc1Br. The molecule has 1 unspecified atom stereocenters. The summed E-state index contributed by atoms with van der Waals surface area (Å²) in [5, 5.41) is 0. The van der Waals surface area contributed by atoms with Gasteiger partial charge in [0.2, 0.25) is 0 Å². The molecule has 1 heterocycles. The molecule has 0 aliphatic rings. The van der Waals surface area contributed by atoms with Crippen molar-refractivity contribution in [3.05, 3.63) is 58.3 Å². The van der Waals surface area contributed by atoms with Gasteiger partial charge in [0, 0.05) is 22.4 Å². The number of nitrogens with zero attached hydrogens (tertiary/aromatic N) is 2. The fourth-order valence-electron chi connectivity index (χ4n) is 1.43. The van der Waals surface area contributed by atoms with Gasteiger partial charge in [0.1, 0.15) is 5.82 Å². The summed E-state index contributed by atoms with van der Waals surface area (Å²) in [6.45, 7) is 0. The normalized spacial score (nSPS) is 12.4. The van der Waals surface area contributed by atoms with E-state index in [9.17, 15) is 4.39 Å². The van der Waals surface area contributed by atoms with E-state index < -0.39 is 6.04 Å². The fourth-order valence-corrected chi connectivity index (χ4v) is 2.02. The molecule has 0 radical (unpaired) electrons. The van der Waals surface area contributed by atoms with E-state index in [1.54, 1.807) is 18.3 Å². The predicted octanol–water partition coefficient (Wildman–Crippen LogP) is 2.43. The van der Waals surface area contributed by atoms with E-state index in [0.29, 0.717) is 15.7 Å². The van der Waals surface area contributed by atoms with Crippen LogP contribution in [0.15, 0.2) is 41.3 Å². The number of hydrogen-bond acceptors (Lipinski definition) is 3. The topological polar surface area (TPSA) is 51.8 Å². The zero-order valence-corrected chi connectivity index (χ0v) is 9.86. The third-order valence-electron chi connectivity index (χ3n) is 2.21. The average Bonchev–Trinajstić information content (AvgIpc) is 2.30. The van der Waals surface area contributed by atoms with Crippen LogP contribution < -0.4 is 5.73 Å². The van der Waals surface area contributed by atoms with Crippen LogP contribution in [0.1, 0.15) is 17.3 Å². The zero-order chi connectivity index (χ0) is 11.5. The van der Waals surface area contributed by atoms with E-state index in [-0.39, 0.29) is 5.82 Å². The van der Waals surface area contributed by atoms with E-state index in [2.05, 4.69) is 25.9 Å². The first-order valence-corrected chi connectivity index (χ1v) is 5.45. The second-order valence-corrected chi connectivity index (χ2v) is 4.10. The number of nitrogens with two attached hydrogens (primary N) is 1. The maximum Gasteiger partial charge on any atom is 0.129 e. The quantitative estimate of drug-likeness (QED) is 0.920. The summed E-state index contributed by atoms with van der Waals surface area (Å²) in [5.41, 5.74) is 6.87. The molecule has 1 atom stereocenters. The Bertz CT molecular complexity index is 470. The summed E-state index contributed by atoms with van der Waals surface area (Å²) < 4.78 is 14.3. The molecule has 2 rings (SSSR count). The second kappa shape index (κ2) is 4.67. The Hall–Kier alpha value is -1.33. The van der Waals surface area contributed by atoms with E-state index >= 15 is 0 Å². The van der Waals surface area contributed by atoms with Crippen molar-refractivity contribution in [2.24, 2.45) is 5.73 Å². The van der Waals surface area contributed by atoms with Gasteiger partial charge in [0.05, 0.1) is 17.9 Å². The molecular weight excluding hydrogens is 273 g/mol. The largest absolute Gasteiger partial charge is 0.319 e. The molecule has 2 aromatic rings. The standard InChI is InChI=1S/C11H9BrFN3/c12-7-2-1-3-8(13)10(7)11(14)9-6-15-4-5-16-9/h1-6,11H,14H2. The maximum atomic E-state index is 13.6. The molecule has 0 bridgehead atoms. The molecule has 1 aromatic carbocycles. The molecule has 1 aromatic heterocycles. The summed E-state index contributed by atoms with van der Waals surface area (Å²) >= 11 is 3.28. The van der Waals surface area contributed by atoms with Crippen molar-refractivity contribution in [3.63, 3.8) is 0 Å². The fraction of sp³-hybridized carbons (Fsp3) is 0.0909. The van der Waals surface area contributed by atoms with Gasteiger partial charge >= 0.3 is 0 Å². The Morgan fingerprint density at radius 1 is 1.31 bits per heavy atom. The van der Waals surface area contributed by atoms with E-state index in [0.717, 1.165) is 0 Å². The highest BCUT2D eigenvalue weighted by atomic mass is 79.9. The number of benzene rings is 1. The lowest BCUT2D eigenvalue weighted by Crippen LogP contribution is -2.16. The third kappa shape index (κ3) is 2.10. The molecule has 0 fully saturated rings. The Morgan fingerprint density at radius 2 is 2.12 bits per heavy atom. The van der Waals surface area contributed by atoms with Crippen LogP contribution >= 0.6 is 15.9 Å². The van der Waals surface area contributed by atoms with Crippen molar-refractivity contribution >= 4 is 15.9 Å². The zero-order valence-electron chi connectivity index (χ0n) is 8.27. The first kappa shape index (κ1) is 11.2. The van der Waals surface area contributed by atoms with Crippen molar-refractivity contribution in [2.45, 2.75) is 6.04 Å². The summed E-state index contributed by atoms with van der Waals surface area (Å²) in [7, 11) is 0. The Labute approximate surface area is 101 Å². The van der Waals surface area contributed by atoms with E-state index in [1.807, 2.05) is 0 Å². The minimum Gasteiger partial charge on any atom is -0.319 e. The van der Waals surface area contributed by atoms with Crippen molar-refractivity contribution in [3.8, 4) is 0 Å². The van der Waals surface area contributed by atoms with Crippen LogP contribution in [0, 0.1) is 5.82 Å². The Balaban J connectivity index is 2.46. The summed E-state index contributed by atoms with van der Waals surface area (Å²) in [4.78, 5) is 7.97. The highest BCUT2D eigenvalue weighted by molar-refractivity contribution is 9.10. The highest BCUT2D eigenvalue weighted by Crippen LogP contribution is 2.27. The molecule has 16 heavy (non-hydrogen) atoms. The second-order valence-electron chi connectivity index (χ2n) is 3.24. The number of rotatable bonds is 2. The van der Waals surface area contributed by atoms with Gasteiger partial charge in [-0.1, -0.05) is 22.0 Å². The van der Waals surface area contributed by atoms with Gasteiger partial charge < -0.3 is 5.73 Å². The molecule has 5 heteroatoms. The van der Waals surface area contributed by atoms with Crippen molar-refractivity contribution in [1.82, 2.24) is 9.97 Å².